The van der Waals surface area contributed by atoms with Crippen molar-refractivity contribution in [2.24, 2.45) is 0 Å². The van der Waals surface area contributed by atoms with E-state index in [0.29, 0.717) is 6.42 Å². The third-order valence-electron chi connectivity index (χ3n) is 3.56. The van der Waals surface area contributed by atoms with Crippen molar-refractivity contribution in [1.29, 1.82) is 0 Å². The number of rotatable bonds is 9. The van der Waals surface area contributed by atoms with Crippen molar-refractivity contribution in [2.75, 3.05) is 20.1 Å². The van der Waals surface area contributed by atoms with E-state index in [1.54, 1.807) is 14.0 Å². The van der Waals surface area contributed by atoms with E-state index in [2.05, 4.69) is 31.0 Å². The fraction of sp³-hybridized carbons (Fsp3) is 0.923. The molecule has 0 spiro atoms. The van der Waals surface area contributed by atoms with Gasteiger partial charge in [-0.25, -0.2) is 0 Å². The summed E-state index contributed by atoms with van der Waals surface area (Å²) in [4.78, 5) is 13.6. The summed E-state index contributed by atoms with van der Waals surface area (Å²) < 4.78 is 0. The summed E-state index contributed by atoms with van der Waals surface area (Å²) in [5.41, 5.74) is -0.834. The third kappa shape index (κ3) is 5.04. The second kappa shape index (κ2) is 7.67. The van der Waals surface area contributed by atoms with Crippen LogP contribution in [0, 0.1) is 0 Å². The first-order valence-corrected chi connectivity index (χ1v) is 6.57. The van der Waals surface area contributed by atoms with Crippen molar-refractivity contribution in [3.63, 3.8) is 0 Å². The van der Waals surface area contributed by atoms with Crippen LogP contribution in [0.2, 0.25) is 0 Å². The van der Waals surface area contributed by atoms with E-state index >= 15 is 0 Å². The number of likely N-dealkylation sites (N-methyl/N-ethyl adjacent to an activating group) is 1. The maximum atomic E-state index is 11.2. The Morgan fingerprint density at radius 2 is 2.06 bits per heavy atom. The molecular formula is C13H28N2O2. The van der Waals surface area contributed by atoms with Crippen LogP contribution in [-0.4, -0.2) is 47.7 Å². The molecule has 4 nitrogen and oxygen atoms in total. The minimum Gasteiger partial charge on any atom is -0.480 e. The van der Waals surface area contributed by atoms with Gasteiger partial charge in [-0.15, -0.1) is 0 Å². The fourth-order valence-corrected chi connectivity index (χ4v) is 2.07. The van der Waals surface area contributed by atoms with Crippen molar-refractivity contribution in [1.82, 2.24) is 10.2 Å². The summed E-state index contributed by atoms with van der Waals surface area (Å²) >= 11 is 0. The Morgan fingerprint density at radius 3 is 2.41 bits per heavy atom. The molecule has 0 fully saturated rings. The third-order valence-corrected chi connectivity index (χ3v) is 3.56. The van der Waals surface area contributed by atoms with Crippen LogP contribution >= 0.6 is 0 Å². The zero-order valence-electron chi connectivity index (χ0n) is 11.9. The molecule has 0 amide bonds. The Morgan fingerprint density at radius 1 is 1.47 bits per heavy atom. The highest BCUT2D eigenvalue weighted by Crippen LogP contribution is 2.17. The largest absolute Gasteiger partial charge is 0.480 e. The zero-order chi connectivity index (χ0) is 13.5. The number of carbonyl (C=O) groups is 1. The predicted octanol–water partition coefficient (Wildman–Crippen LogP) is 1.95. The molecule has 0 bridgehead atoms. The van der Waals surface area contributed by atoms with Crippen molar-refractivity contribution in [3.05, 3.63) is 0 Å². The van der Waals surface area contributed by atoms with Gasteiger partial charge in [0.1, 0.15) is 5.54 Å². The van der Waals surface area contributed by atoms with Gasteiger partial charge in [-0.1, -0.05) is 20.3 Å². The molecule has 0 aromatic carbocycles. The molecule has 0 rings (SSSR count). The van der Waals surface area contributed by atoms with Crippen molar-refractivity contribution in [2.45, 2.75) is 58.5 Å². The van der Waals surface area contributed by atoms with E-state index in [1.165, 1.54) is 12.8 Å². The van der Waals surface area contributed by atoms with Crippen LogP contribution in [0.1, 0.15) is 47.0 Å². The van der Waals surface area contributed by atoms with Gasteiger partial charge in [0, 0.05) is 6.04 Å². The molecule has 0 saturated carbocycles. The minimum atomic E-state index is -0.834. The lowest BCUT2D eigenvalue weighted by Crippen LogP contribution is -2.52. The van der Waals surface area contributed by atoms with Gasteiger partial charge >= 0.3 is 5.97 Å². The second-order valence-corrected chi connectivity index (χ2v) is 4.92. The standard InChI is InChI=1S/C13H28N2O2/c1-6-8-9-15(7-2)11(3)10-13(4,14-5)12(16)17/h11,14H,6-10H2,1-5H3,(H,16,17). The normalized spacial score (nSPS) is 16.8. The summed E-state index contributed by atoms with van der Waals surface area (Å²) in [6, 6.07) is 0.278. The minimum absolute atomic E-state index is 0.278. The van der Waals surface area contributed by atoms with Gasteiger partial charge in [0.25, 0.3) is 0 Å². The monoisotopic (exact) mass is 244 g/mol. The van der Waals surface area contributed by atoms with Gasteiger partial charge in [0.05, 0.1) is 0 Å². The Labute approximate surface area is 105 Å². The highest BCUT2D eigenvalue weighted by molar-refractivity contribution is 5.78. The first-order valence-electron chi connectivity index (χ1n) is 6.57. The number of unbranched alkanes of at least 4 members (excludes halogenated alkanes) is 1. The molecule has 4 heteroatoms. The molecule has 0 saturated heterocycles. The van der Waals surface area contributed by atoms with Crippen LogP contribution < -0.4 is 5.32 Å². The van der Waals surface area contributed by atoms with E-state index in [9.17, 15) is 9.90 Å². The average Bonchev–Trinajstić information content (AvgIpc) is 2.29. The van der Waals surface area contributed by atoms with Crippen LogP contribution in [0.15, 0.2) is 0 Å². The number of hydrogen-bond acceptors (Lipinski definition) is 3. The number of carboxylic acid groups (broad SMARTS) is 1. The summed E-state index contributed by atoms with van der Waals surface area (Å²) in [5, 5.41) is 12.1. The maximum Gasteiger partial charge on any atom is 0.323 e. The Kier molecular flexibility index (Phi) is 7.39. The summed E-state index contributed by atoms with van der Waals surface area (Å²) in [7, 11) is 1.71. The van der Waals surface area contributed by atoms with Crippen LogP contribution in [0.5, 0.6) is 0 Å². The quantitative estimate of drug-likeness (QED) is 0.651. The van der Waals surface area contributed by atoms with Gasteiger partial charge in [-0.3, -0.25) is 4.79 Å². The van der Waals surface area contributed by atoms with E-state index in [-0.39, 0.29) is 6.04 Å². The van der Waals surface area contributed by atoms with Crippen LogP contribution in [0.3, 0.4) is 0 Å². The first kappa shape index (κ1) is 16.4. The Balaban J connectivity index is 4.46. The van der Waals surface area contributed by atoms with Gasteiger partial charge in [-0.2, -0.15) is 0 Å². The van der Waals surface area contributed by atoms with Crippen molar-refractivity contribution < 1.29 is 9.90 Å². The second-order valence-electron chi connectivity index (χ2n) is 4.92. The van der Waals surface area contributed by atoms with Crippen LogP contribution in [0.25, 0.3) is 0 Å². The van der Waals surface area contributed by atoms with Crippen LogP contribution in [0.4, 0.5) is 0 Å². The van der Waals surface area contributed by atoms with E-state index in [1.807, 2.05) is 0 Å². The Hall–Kier alpha value is -0.610. The molecule has 2 N–H and O–H groups in total. The van der Waals surface area contributed by atoms with Crippen LogP contribution in [-0.2, 0) is 4.79 Å². The summed E-state index contributed by atoms with van der Waals surface area (Å²) in [5.74, 6) is -0.779. The van der Waals surface area contributed by atoms with Crippen molar-refractivity contribution >= 4 is 5.97 Å². The molecule has 0 aliphatic heterocycles. The topological polar surface area (TPSA) is 52.6 Å². The van der Waals surface area contributed by atoms with E-state index in [4.69, 9.17) is 0 Å². The molecule has 17 heavy (non-hydrogen) atoms. The summed E-state index contributed by atoms with van der Waals surface area (Å²) in [6.45, 7) is 10.2. The number of hydrogen-bond donors (Lipinski definition) is 2. The molecule has 2 atom stereocenters. The summed E-state index contributed by atoms with van der Waals surface area (Å²) in [6.07, 6.45) is 2.96. The lowest BCUT2D eigenvalue weighted by molar-refractivity contribution is -0.144. The highest BCUT2D eigenvalue weighted by Gasteiger charge is 2.34. The van der Waals surface area contributed by atoms with Gasteiger partial charge in [0.15, 0.2) is 0 Å². The smallest absolute Gasteiger partial charge is 0.323 e. The van der Waals surface area contributed by atoms with Gasteiger partial charge in [0.2, 0.25) is 0 Å². The first-order chi connectivity index (χ1) is 7.91. The maximum absolute atomic E-state index is 11.2. The molecule has 0 aromatic rings. The number of carboxylic acids is 1. The lowest BCUT2D eigenvalue weighted by Gasteiger charge is -2.34. The van der Waals surface area contributed by atoms with Gasteiger partial charge in [-0.05, 0) is 46.8 Å². The molecule has 0 aromatic heterocycles. The average molecular weight is 244 g/mol. The number of aliphatic carboxylic acids is 1. The SMILES string of the molecule is CCCCN(CC)C(C)CC(C)(NC)C(=O)O. The van der Waals surface area contributed by atoms with E-state index < -0.39 is 11.5 Å². The van der Waals surface area contributed by atoms with E-state index in [0.717, 1.165) is 13.1 Å². The molecule has 102 valence electrons. The molecular weight excluding hydrogens is 216 g/mol. The highest BCUT2D eigenvalue weighted by atomic mass is 16.4. The fourth-order valence-electron chi connectivity index (χ4n) is 2.07. The molecule has 0 aliphatic carbocycles. The Bertz CT molecular complexity index is 233. The molecule has 2 unspecified atom stereocenters. The lowest BCUT2D eigenvalue weighted by atomic mass is 9.93. The zero-order valence-corrected chi connectivity index (χ0v) is 11.9. The molecule has 0 heterocycles. The number of nitrogens with zero attached hydrogens (tertiary/aromatic N) is 1. The predicted molar refractivity (Wildman–Crippen MR) is 71.3 cm³/mol. The van der Waals surface area contributed by atoms with Crippen molar-refractivity contribution in [3.8, 4) is 0 Å². The molecule has 0 radical (unpaired) electrons. The number of nitrogens with one attached hydrogen (secondary N) is 1. The molecule has 0 aliphatic rings. The van der Waals surface area contributed by atoms with Gasteiger partial charge < -0.3 is 15.3 Å².